The van der Waals surface area contributed by atoms with Crippen molar-refractivity contribution >= 4 is 33.5 Å². The van der Waals surface area contributed by atoms with Gasteiger partial charge in [0.25, 0.3) is 0 Å². The largest absolute Gasteiger partial charge is 0.456 e. The van der Waals surface area contributed by atoms with Crippen LogP contribution in [0.2, 0.25) is 5.02 Å². The van der Waals surface area contributed by atoms with Gasteiger partial charge in [-0.15, -0.1) is 0 Å². The Morgan fingerprint density at radius 3 is 2.21 bits per heavy atom. The van der Waals surface area contributed by atoms with Crippen molar-refractivity contribution in [1.82, 2.24) is 0 Å². The van der Waals surface area contributed by atoms with Gasteiger partial charge >= 0.3 is 0 Å². The van der Waals surface area contributed by atoms with Crippen molar-refractivity contribution in [2.75, 3.05) is 0 Å². The molecule has 0 aliphatic rings. The van der Waals surface area contributed by atoms with Crippen LogP contribution in [0.5, 0.6) is 0 Å². The van der Waals surface area contributed by atoms with Gasteiger partial charge in [0.1, 0.15) is 11.2 Å². The summed E-state index contributed by atoms with van der Waals surface area (Å²) in [4.78, 5) is 0. The molecular formula is C22H19ClO. The van der Waals surface area contributed by atoms with Crippen LogP contribution in [0.25, 0.3) is 33.1 Å². The highest BCUT2D eigenvalue weighted by Crippen LogP contribution is 2.36. The Balaban J connectivity index is 1.83. The molecule has 4 aromatic rings. The molecule has 1 nitrogen and oxygen atoms in total. The van der Waals surface area contributed by atoms with Crippen molar-refractivity contribution in [3.63, 3.8) is 0 Å². The van der Waals surface area contributed by atoms with Gasteiger partial charge < -0.3 is 4.42 Å². The lowest BCUT2D eigenvalue weighted by atomic mass is 9.86. The lowest BCUT2D eigenvalue weighted by Gasteiger charge is -2.19. The van der Waals surface area contributed by atoms with Gasteiger partial charge in [-0.1, -0.05) is 68.8 Å². The van der Waals surface area contributed by atoms with Gasteiger partial charge in [0.05, 0.1) is 5.02 Å². The molecule has 0 radical (unpaired) electrons. The summed E-state index contributed by atoms with van der Waals surface area (Å²) in [6.45, 7) is 6.69. The predicted octanol–water partition coefficient (Wildman–Crippen LogP) is 7.20. The first-order valence-corrected chi connectivity index (χ1v) is 8.53. The van der Waals surface area contributed by atoms with Crippen molar-refractivity contribution in [2.45, 2.75) is 26.2 Å². The van der Waals surface area contributed by atoms with Crippen LogP contribution in [0, 0.1) is 0 Å². The van der Waals surface area contributed by atoms with Gasteiger partial charge in [-0.05, 0) is 46.4 Å². The van der Waals surface area contributed by atoms with E-state index in [2.05, 4.69) is 63.2 Å². The zero-order valence-corrected chi connectivity index (χ0v) is 14.8. The minimum absolute atomic E-state index is 0.165. The lowest BCUT2D eigenvalue weighted by molar-refractivity contribution is 0.590. The van der Waals surface area contributed by atoms with E-state index in [1.54, 1.807) is 0 Å². The highest BCUT2D eigenvalue weighted by molar-refractivity contribution is 6.37. The topological polar surface area (TPSA) is 13.1 Å². The quantitative estimate of drug-likeness (QED) is 0.358. The Kier molecular flexibility index (Phi) is 3.43. The molecule has 0 saturated carbocycles. The van der Waals surface area contributed by atoms with Crippen molar-refractivity contribution in [2.24, 2.45) is 0 Å². The summed E-state index contributed by atoms with van der Waals surface area (Å²) >= 11 is 6.33. The zero-order chi connectivity index (χ0) is 16.9. The lowest BCUT2D eigenvalue weighted by Crippen LogP contribution is -2.10. The summed E-state index contributed by atoms with van der Waals surface area (Å²) in [5.41, 5.74) is 5.54. The van der Waals surface area contributed by atoms with Crippen LogP contribution in [0.1, 0.15) is 26.3 Å². The molecule has 1 aromatic heterocycles. The Morgan fingerprint density at radius 1 is 0.792 bits per heavy atom. The summed E-state index contributed by atoms with van der Waals surface area (Å²) in [7, 11) is 0. The molecule has 2 heteroatoms. The van der Waals surface area contributed by atoms with Crippen LogP contribution in [0.4, 0.5) is 0 Å². The van der Waals surface area contributed by atoms with E-state index in [1.807, 2.05) is 18.2 Å². The summed E-state index contributed by atoms with van der Waals surface area (Å²) in [6, 6.07) is 20.9. The van der Waals surface area contributed by atoms with Crippen LogP contribution in [0.15, 0.2) is 65.1 Å². The number of hydrogen-bond acceptors (Lipinski definition) is 1. The smallest absolute Gasteiger partial charge is 0.136 e. The maximum atomic E-state index is 6.33. The van der Waals surface area contributed by atoms with Crippen LogP contribution in [-0.2, 0) is 5.41 Å². The average Bonchev–Trinajstić information content (AvgIpc) is 2.93. The third-order valence-electron chi connectivity index (χ3n) is 4.53. The minimum atomic E-state index is 0.165. The summed E-state index contributed by atoms with van der Waals surface area (Å²) < 4.78 is 5.99. The van der Waals surface area contributed by atoms with Crippen molar-refractivity contribution in [3.8, 4) is 11.1 Å². The van der Waals surface area contributed by atoms with Crippen molar-refractivity contribution in [3.05, 3.63) is 71.2 Å². The molecule has 120 valence electrons. The molecule has 0 aliphatic carbocycles. The predicted molar refractivity (Wildman–Crippen MR) is 103 cm³/mol. The van der Waals surface area contributed by atoms with Crippen LogP contribution >= 0.6 is 11.6 Å². The molecule has 4 rings (SSSR count). The molecule has 0 fully saturated rings. The Bertz CT molecular complexity index is 1030. The van der Waals surface area contributed by atoms with Gasteiger partial charge in [0.2, 0.25) is 0 Å². The number of fused-ring (bicyclic) bond motifs is 3. The molecule has 0 atom stereocenters. The maximum Gasteiger partial charge on any atom is 0.136 e. The minimum Gasteiger partial charge on any atom is -0.456 e. The Morgan fingerprint density at radius 2 is 1.50 bits per heavy atom. The molecular weight excluding hydrogens is 316 g/mol. The fourth-order valence-corrected chi connectivity index (χ4v) is 3.39. The molecule has 1 heterocycles. The van der Waals surface area contributed by atoms with Gasteiger partial charge in [-0.3, -0.25) is 0 Å². The van der Waals surface area contributed by atoms with E-state index in [0.29, 0.717) is 0 Å². The maximum absolute atomic E-state index is 6.33. The fourth-order valence-electron chi connectivity index (χ4n) is 3.12. The number of rotatable bonds is 1. The van der Waals surface area contributed by atoms with Gasteiger partial charge in [-0.25, -0.2) is 0 Å². The average molecular weight is 335 g/mol. The summed E-state index contributed by atoms with van der Waals surface area (Å²) in [5.74, 6) is 0. The Labute approximate surface area is 146 Å². The fraction of sp³-hybridized carbons (Fsp3) is 0.182. The zero-order valence-electron chi connectivity index (χ0n) is 14.1. The molecule has 0 bridgehead atoms. The number of halogens is 1. The molecule has 24 heavy (non-hydrogen) atoms. The Hall–Kier alpha value is -2.25. The van der Waals surface area contributed by atoms with Gasteiger partial charge in [0.15, 0.2) is 0 Å². The van der Waals surface area contributed by atoms with E-state index >= 15 is 0 Å². The SMILES string of the molecule is CC(C)(C)c1ccc(-c2ccc3c(c2)oc2cccc(Cl)c23)cc1. The molecule has 0 unspecified atom stereocenters. The second kappa shape index (κ2) is 5.39. The first-order valence-electron chi connectivity index (χ1n) is 8.15. The highest BCUT2D eigenvalue weighted by atomic mass is 35.5. The molecule has 0 amide bonds. The van der Waals surface area contributed by atoms with Crippen LogP contribution in [-0.4, -0.2) is 0 Å². The monoisotopic (exact) mass is 334 g/mol. The summed E-state index contributed by atoms with van der Waals surface area (Å²) in [5, 5.41) is 2.78. The third-order valence-corrected chi connectivity index (χ3v) is 4.85. The summed E-state index contributed by atoms with van der Waals surface area (Å²) in [6.07, 6.45) is 0. The third kappa shape index (κ3) is 2.50. The van der Waals surface area contributed by atoms with E-state index in [-0.39, 0.29) is 5.41 Å². The van der Waals surface area contributed by atoms with Gasteiger partial charge in [0, 0.05) is 10.8 Å². The molecule has 3 aromatic carbocycles. The van der Waals surface area contributed by atoms with E-state index in [9.17, 15) is 0 Å². The first-order chi connectivity index (χ1) is 11.4. The molecule has 0 spiro atoms. The van der Waals surface area contributed by atoms with E-state index < -0.39 is 0 Å². The molecule has 0 N–H and O–H groups in total. The highest BCUT2D eigenvalue weighted by Gasteiger charge is 2.14. The van der Waals surface area contributed by atoms with Crippen LogP contribution < -0.4 is 0 Å². The standard InChI is InChI=1S/C22H19ClO/c1-22(2,3)16-10-7-14(8-11-16)15-9-12-17-20(13-15)24-19-6-4-5-18(23)21(17)19/h4-13H,1-3H3. The van der Waals surface area contributed by atoms with E-state index in [4.69, 9.17) is 16.0 Å². The van der Waals surface area contributed by atoms with E-state index in [1.165, 1.54) is 11.1 Å². The number of benzene rings is 3. The second-order valence-electron chi connectivity index (χ2n) is 7.25. The van der Waals surface area contributed by atoms with Crippen LogP contribution in [0.3, 0.4) is 0 Å². The van der Waals surface area contributed by atoms with Crippen molar-refractivity contribution < 1.29 is 4.42 Å². The van der Waals surface area contributed by atoms with Gasteiger partial charge in [-0.2, -0.15) is 0 Å². The normalized spacial score (nSPS) is 12.2. The number of hydrogen-bond donors (Lipinski definition) is 0. The molecule has 0 saturated heterocycles. The first kappa shape index (κ1) is 15.3. The molecule has 0 aliphatic heterocycles. The van der Waals surface area contributed by atoms with Crippen molar-refractivity contribution in [1.29, 1.82) is 0 Å². The second-order valence-corrected chi connectivity index (χ2v) is 7.66. The van der Waals surface area contributed by atoms with E-state index in [0.717, 1.165) is 32.5 Å². The number of furan rings is 1.